The van der Waals surface area contributed by atoms with Crippen molar-refractivity contribution in [2.75, 3.05) is 19.6 Å². The molecule has 18 heavy (non-hydrogen) atoms. The number of hydrogen-bond donors (Lipinski definition) is 1. The number of nitrogens with zero attached hydrogens (tertiary/aromatic N) is 1. The second-order valence-electron chi connectivity index (χ2n) is 6.01. The van der Waals surface area contributed by atoms with Gasteiger partial charge in [0.2, 0.25) is 5.91 Å². The highest BCUT2D eigenvalue weighted by Crippen LogP contribution is 2.26. The highest BCUT2D eigenvalue weighted by atomic mass is 35.5. The van der Waals surface area contributed by atoms with Gasteiger partial charge in [-0.2, -0.15) is 0 Å². The molecule has 0 aromatic rings. The molecule has 0 bridgehead atoms. The van der Waals surface area contributed by atoms with Gasteiger partial charge in [0.25, 0.3) is 0 Å². The molecule has 1 atom stereocenters. The lowest BCUT2D eigenvalue weighted by molar-refractivity contribution is -0.137. The van der Waals surface area contributed by atoms with Crippen LogP contribution in [-0.4, -0.2) is 36.5 Å². The van der Waals surface area contributed by atoms with Crippen LogP contribution < -0.4 is 5.32 Å². The molecule has 1 saturated heterocycles. The average molecular weight is 275 g/mol. The van der Waals surface area contributed by atoms with Crippen LogP contribution in [0.1, 0.15) is 46.0 Å². The molecule has 2 rings (SSSR count). The predicted octanol–water partition coefficient (Wildman–Crippen LogP) is 2.44. The fourth-order valence-electron chi connectivity index (χ4n) is 3.13. The molecule has 0 aromatic heterocycles. The third-order valence-electron chi connectivity index (χ3n) is 4.02. The summed E-state index contributed by atoms with van der Waals surface area (Å²) in [6.45, 7) is 7.26. The maximum atomic E-state index is 12.6. The molecule has 1 aliphatic heterocycles. The summed E-state index contributed by atoms with van der Waals surface area (Å²) in [7, 11) is 0. The summed E-state index contributed by atoms with van der Waals surface area (Å²) in [5.41, 5.74) is 0. The van der Waals surface area contributed by atoms with Crippen molar-refractivity contribution < 1.29 is 4.79 Å². The third-order valence-corrected chi connectivity index (χ3v) is 4.02. The summed E-state index contributed by atoms with van der Waals surface area (Å²) in [4.78, 5) is 14.8. The minimum Gasteiger partial charge on any atom is -0.339 e. The van der Waals surface area contributed by atoms with E-state index in [4.69, 9.17) is 0 Å². The fourth-order valence-corrected chi connectivity index (χ4v) is 3.13. The summed E-state index contributed by atoms with van der Waals surface area (Å²) >= 11 is 0. The lowest BCUT2D eigenvalue weighted by Crippen LogP contribution is -2.44. The third kappa shape index (κ3) is 3.86. The van der Waals surface area contributed by atoms with E-state index >= 15 is 0 Å². The van der Waals surface area contributed by atoms with Gasteiger partial charge >= 0.3 is 0 Å². The minimum absolute atomic E-state index is 0. The zero-order valence-corrected chi connectivity index (χ0v) is 12.5. The topological polar surface area (TPSA) is 32.3 Å². The quantitative estimate of drug-likeness (QED) is 0.854. The molecule has 1 saturated carbocycles. The molecule has 0 aromatic carbocycles. The Morgan fingerprint density at radius 3 is 2.44 bits per heavy atom. The predicted molar refractivity (Wildman–Crippen MR) is 77.0 cm³/mol. The van der Waals surface area contributed by atoms with Crippen LogP contribution in [-0.2, 0) is 4.79 Å². The van der Waals surface area contributed by atoms with Crippen molar-refractivity contribution >= 4 is 18.3 Å². The van der Waals surface area contributed by atoms with E-state index in [1.54, 1.807) is 0 Å². The van der Waals surface area contributed by atoms with Gasteiger partial charge in [-0.15, -0.1) is 12.4 Å². The maximum absolute atomic E-state index is 12.6. The molecule has 0 spiro atoms. The number of carbonyl (C=O) groups excluding carboxylic acids is 1. The highest BCUT2D eigenvalue weighted by molar-refractivity contribution is 5.85. The van der Waals surface area contributed by atoms with Gasteiger partial charge in [-0.3, -0.25) is 4.79 Å². The Kier molecular flexibility index (Phi) is 6.44. The summed E-state index contributed by atoms with van der Waals surface area (Å²) in [5, 5.41) is 3.30. The summed E-state index contributed by atoms with van der Waals surface area (Å²) in [6, 6.07) is 0.533. The molecule has 106 valence electrons. The van der Waals surface area contributed by atoms with Crippen LogP contribution in [0.3, 0.4) is 0 Å². The first-order valence-electron chi connectivity index (χ1n) is 7.19. The van der Waals surface area contributed by atoms with Crippen molar-refractivity contribution in [1.82, 2.24) is 10.2 Å². The largest absolute Gasteiger partial charge is 0.339 e. The van der Waals surface area contributed by atoms with Gasteiger partial charge in [0, 0.05) is 19.1 Å². The zero-order valence-electron chi connectivity index (χ0n) is 11.7. The molecular weight excluding hydrogens is 248 g/mol. The molecule has 1 heterocycles. The monoisotopic (exact) mass is 274 g/mol. The molecule has 2 fully saturated rings. The summed E-state index contributed by atoms with van der Waals surface area (Å²) in [5.74, 6) is 1.24. The SMILES string of the molecule is CC(C)CN(C(=O)C1CCNC1)C1CCCC1.Cl. The van der Waals surface area contributed by atoms with Gasteiger partial charge in [0.1, 0.15) is 0 Å². The van der Waals surface area contributed by atoms with Crippen LogP contribution in [0.15, 0.2) is 0 Å². The first-order valence-corrected chi connectivity index (χ1v) is 7.19. The Balaban J connectivity index is 0.00000162. The van der Waals surface area contributed by atoms with Gasteiger partial charge in [-0.25, -0.2) is 0 Å². The van der Waals surface area contributed by atoms with Gasteiger partial charge in [-0.1, -0.05) is 26.7 Å². The first-order chi connectivity index (χ1) is 8.18. The number of hydrogen-bond acceptors (Lipinski definition) is 2. The van der Waals surface area contributed by atoms with Crippen LogP contribution in [0.2, 0.25) is 0 Å². The van der Waals surface area contributed by atoms with E-state index in [1.165, 1.54) is 25.7 Å². The first kappa shape index (κ1) is 15.8. The number of nitrogens with one attached hydrogen (secondary N) is 1. The van der Waals surface area contributed by atoms with Crippen LogP contribution in [0, 0.1) is 11.8 Å². The van der Waals surface area contributed by atoms with Crippen molar-refractivity contribution in [2.24, 2.45) is 11.8 Å². The van der Waals surface area contributed by atoms with Crippen molar-refractivity contribution in [1.29, 1.82) is 0 Å². The van der Waals surface area contributed by atoms with Crippen LogP contribution in [0.4, 0.5) is 0 Å². The van der Waals surface area contributed by atoms with Crippen molar-refractivity contribution in [2.45, 2.75) is 52.0 Å². The fraction of sp³-hybridized carbons (Fsp3) is 0.929. The van der Waals surface area contributed by atoms with E-state index in [9.17, 15) is 4.79 Å². The maximum Gasteiger partial charge on any atom is 0.227 e. The number of rotatable bonds is 4. The van der Waals surface area contributed by atoms with Crippen LogP contribution in [0.5, 0.6) is 0 Å². The minimum atomic E-state index is 0. The van der Waals surface area contributed by atoms with Crippen molar-refractivity contribution in [3.8, 4) is 0 Å². The number of amides is 1. The smallest absolute Gasteiger partial charge is 0.227 e. The standard InChI is InChI=1S/C14H26N2O.ClH/c1-11(2)10-16(13-5-3-4-6-13)14(17)12-7-8-15-9-12;/h11-13,15H,3-10H2,1-2H3;1H. The van der Waals surface area contributed by atoms with Crippen LogP contribution in [0.25, 0.3) is 0 Å². The molecule has 1 amide bonds. The van der Waals surface area contributed by atoms with E-state index in [2.05, 4.69) is 24.1 Å². The van der Waals surface area contributed by atoms with Crippen LogP contribution >= 0.6 is 12.4 Å². The molecule has 1 aliphatic carbocycles. The van der Waals surface area contributed by atoms with E-state index in [0.29, 0.717) is 17.9 Å². The normalized spacial score (nSPS) is 24.3. The van der Waals surface area contributed by atoms with Crippen molar-refractivity contribution in [3.63, 3.8) is 0 Å². The average Bonchev–Trinajstić information content (AvgIpc) is 2.96. The molecular formula is C14H27ClN2O. The molecule has 1 unspecified atom stereocenters. The highest BCUT2D eigenvalue weighted by Gasteiger charge is 2.32. The Hall–Kier alpha value is -0.280. The molecule has 0 radical (unpaired) electrons. The number of carbonyl (C=O) groups is 1. The number of halogens is 1. The summed E-state index contributed by atoms with van der Waals surface area (Å²) in [6.07, 6.45) is 6.07. The van der Waals surface area contributed by atoms with E-state index in [0.717, 1.165) is 26.1 Å². The Morgan fingerprint density at radius 1 is 1.28 bits per heavy atom. The second-order valence-corrected chi connectivity index (χ2v) is 6.01. The van der Waals surface area contributed by atoms with E-state index < -0.39 is 0 Å². The van der Waals surface area contributed by atoms with Crippen molar-refractivity contribution in [3.05, 3.63) is 0 Å². The van der Waals surface area contributed by atoms with E-state index in [-0.39, 0.29) is 18.3 Å². The molecule has 2 aliphatic rings. The Labute approximate surface area is 117 Å². The molecule has 4 heteroatoms. The summed E-state index contributed by atoms with van der Waals surface area (Å²) < 4.78 is 0. The lowest BCUT2D eigenvalue weighted by atomic mass is 10.0. The van der Waals surface area contributed by atoms with Gasteiger partial charge in [0.05, 0.1) is 5.92 Å². The van der Waals surface area contributed by atoms with E-state index in [1.807, 2.05) is 0 Å². The Bertz CT molecular complexity index is 259. The lowest BCUT2D eigenvalue weighted by Gasteiger charge is -2.32. The molecule has 1 N–H and O–H groups in total. The zero-order chi connectivity index (χ0) is 12.3. The van der Waals surface area contributed by atoms with Gasteiger partial charge in [-0.05, 0) is 31.7 Å². The Morgan fingerprint density at radius 2 is 1.94 bits per heavy atom. The second kappa shape index (κ2) is 7.34. The molecule has 3 nitrogen and oxygen atoms in total. The van der Waals surface area contributed by atoms with Gasteiger partial charge in [0.15, 0.2) is 0 Å². The van der Waals surface area contributed by atoms with Gasteiger partial charge < -0.3 is 10.2 Å².